The molecule has 5 unspecified atom stereocenters. The van der Waals surface area contributed by atoms with Crippen LogP contribution in [0.2, 0.25) is 5.02 Å². The molecule has 5 atom stereocenters. The summed E-state index contributed by atoms with van der Waals surface area (Å²) in [6.07, 6.45) is 5.46. The largest absolute Gasteiger partial charge is 0.481 e. The number of aryl methyl sites for hydroxylation is 1. The normalized spacial score (nSPS) is 36.9. The molecule has 0 saturated heterocycles. The zero-order chi connectivity index (χ0) is 14.6. The van der Waals surface area contributed by atoms with Crippen molar-refractivity contribution >= 4 is 17.6 Å². The maximum Gasteiger partial charge on any atom is 0.308 e. The highest BCUT2D eigenvalue weighted by atomic mass is 35.5. The molecule has 3 nitrogen and oxygen atoms in total. The molecule has 0 amide bonds. The van der Waals surface area contributed by atoms with Gasteiger partial charge in [-0.2, -0.15) is 0 Å². The van der Waals surface area contributed by atoms with Crippen molar-refractivity contribution in [1.82, 2.24) is 5.32 Å². The van der Waals surface area contributed by atoms with E-state index in [9.17, 15) is 9.90 Å². The number of hydrogen-bond acceptors (Lipinski definition) is 2. The Morgan fingerprint density at radius 1 is 1.24 bits per heavy atom. The monoisotopic (exact) mass is 305 g/mol. The van der Waals surface area contributed by atoms with Crippen molar-refractivity contribution in [2.24, 2.45) is 17.8 Å². The van der Waals surface area contributed by atoms with Crippen LogP contribution in [0.3, 0.4) is 0 Å². The van der Waals surface area contributed by atoms with Crippen LogP contribution >= 0.6 is 11.6 Å². The maximum atomic E-state index is 11.6. The van der Waals surface area contributed by atoms with E-state index in [1.807, 2.05) is 12.1 Å². The average Bonchev–Trinajstić information content (AvgIpc) is 3.13. The number of benzene rings is 1. The molecule has 3 aliphatic carbocycles. The Morgan fingerprint density at radius 2 is 2.05 bits per heavy atom. The van der Waals surface area contributed by atoms with Crippen molar-refractivity contribution < 1.29 is 9.90 Å². The zero-order valence-corrected chi connectivity index (χ0v) is 12.6. The summed E-state index contributed by atoms with van der Waals surface area (Å²) in [4.78, 5) is 11.6. The second-order valence-corrected chi connectivity index (χ2v) is 7.26. The van der Waals surface area contributed by atoms with Gasteiger partial charge in [0.15, 0.2) is 0 Å². The van der Waals surface area contributed by atoms with Crippen molar-refractivity contribution in [3.05, 3.63) is 34.3 Å². The lowest BCUT2D eigenvalue weighted by Gasteiger charge is -2.32. The Bertz CT molecular complexity index is 588. The Labute approximate surface area is 129 Å². The standard InChI is InChI=1S/C17H20ClNO2/c18-12-4-5-13-9(8-12)3-6-14(13)19-16-11-2-1-10(7-11)15(16)17(20)21/h4-5,8,10-11,14-16,19H,1-3,6-7H2,(H,20,21). The molecule has 2 N–H and O–H groups in total. The van der Waals surface area contributed by atoms with E-state index < -0.39 is 5.97 Å². The highest BCUT2D eigenvalue weighted by Crippen LogP contribution is 2.49. The molecule has 4 rings (SSSR count). The summed E-state index contributed by atoms with van der Waals surface area (Å²) in [5.74, 6) is 0.123. The molecule has 0 aliphatic heterocycles. The van der Waals surface area contributed by atoms with Crippen molar-refractivity contribution in [2.45, 2.75) is 44.2 Å². The van der Waals surface area contributed by atoms with Gasteiger partial charge in [-0.1, -0.05) is 17.7 Å². The summed E-state index contributed by atoms with van der Waals surface area (Å²) in [5, 5.41) is 14.0. The topological polar surface area (TPSA) is 49.3 Å². The molecular formula is C17H20ClNO2. The first kappa shape index (κ1) is 13.6. The SMILES string of the molecule is O=C(O)C1C2CCC(C2)C1NC1CCc2cc(Cl)ccc21. The van der Waals surface area contributed by atoms with Gasteiger partial charge in [-0.25, -0.2) is 0 Å². The lowest BCUT2D eigenvalue weighted by molar-refractivity contribution is -0.144. The van der Waals surface area contributed by atoms with Crippen LogP contribution in [0, 0.1) is 17.8 Å². The van der Waals surface area contributed by atoms with Crippen LogP contribution in [0.1, 0.15) is 42.9 Å². The van der Waals surface area contributed by atoms with Crippen LogP contribution in [0.15, 0.2) is 18.2 Å². The minimum Gasteiger partial charge on any atom is -0.481 e. The lowest BCUT2D eigenvalue weighted by atomic mass is 9.84. The second kappa shape index (κ2) is 4.99. The second-order valence-electron chi connectivity index (χ2n) is 6.82. The third kappa shape index (κ3) is 2.18. The van der Waals surface area contributed by atoms with Gasteiger partial charge in [-0.15, -0.1) is 0 Å². The molecular weight excluding hydrogens is 286 g/mol. The van der Waals surface area contributed by atoms with E-state index in [2.05, 4.69) is 11.4 Å². The fraction of sp³-hybridized carbons (Fsp3) is 0.588. The molecule has 2 fully saturated rings. The molecule has 21 heavy (non-hydrogen) atoms. The van der Waals surface area contributed by atoms with Crippen molar-refractivity contribution in [3.63, 3.8) is 0 Å². The minimum absolute atomic E-state index is 0.146. The zero-order valence-electron chi connectivity index (χ0n) is 11.9. The van der Waals surface area contributed by atoms with Gasteiger partial charge in [0.1, 0.15) is 0 Å². The van der Waals surface area contributed by atoms with E-state index in [-0.39, 0.29) is 12.0 Å². The predicted molar refractivity (Wildman–Crippen MR) is 81.4 cm³/mol. The summed E-state index contributed by atoms with van der Waals surface area (Å²) in [7, 11) is 0. The predicted octanol–water partition coefficient (Wildman–Crippen LogP) is 3.42. The fourth-order valence-electron chi connectivity index (χ4n) is 4.88. The third-order valence-corrected chi connectivity index (χ3v) is 6.01. The number of carboxylic acid groups (broad SMARTS) is 1. The van der Waals surface area contributed by atoms with Crippen LogP contribution in [0.5, 0.6) is 0 Å². The van der Waals surface area contributed by atoms with Gasteiger partial charge in [0.25, 0.3) is 0 Å². The first-order chi connectivity index (χ1) is 10.1. The van der Waals surface area contributed by atoms with Gasteiger partial charge >= 0.3 is 5.97 Å². The quantitative estimate of drug-likeness (QED) is 0.899. The van der Waals surface area contributed by atoms with Crippen molar-refractivity contribution in [3.8, 4) is 0 Å². The van der Waals surface area contributed by atoms with Gasteiger partial charge in [0.05, 0.1) is 5.92 Å². The van der Waals surface area contributed by atoms with Gasteiger partial charge in [0.2, 0.25) is 0 Å². The fourth-order valence-corrected chi connectivity index (χ4v) is 5.07. The smallest absolute Gasteiger partial charge is 0.308 e. The summed E-state index contributed by atoms with van der Waals surface area (Å²) in [6.45, 7) is 0. The number of halogens is 1. The number of aliphatic carboxylic acids is 1. The van der Waals surface area contributed by atoms with Crippen LogP contribution in [0.4, 0.5) is 0 Å². The highest BCUT2D eigenvalue weighted by molar-refractivity contribution is 6.30. The van der Waals surface area contributed by atoms with Crippen LogP contribution in [-0.4, -0.2) is 17.1 Å². The number of hydrogen-bond donors (Lipinski definition) is 2. The Kier molecular flexibility index (Phi) is 3.23. The Balaban J connectivity index is 1.56. The van der Waals surface area contributed by atoms with Crippen molar-refractivity contribution in [2.75, 3.05) is 0 Å². The highest BCUT2D eigenvalue weighted by Gasteiger charge is 2.51. The molecule has 2 saturated carbocycles. The lowest BCUT2D eigenvalue weighted by Crippen LogP contribution is -2.45. The molecule has 1 aromatic rings. The van der Waals surface area contributed by atoms with Crippen LogP contribution in [0.25, 0.3) is 0 Å². The number of fused-ring (bicyclic) bond motifs is 3. The van der Waals surface area contributed by atoms with Gasteiger partial charge in [-0.3, -0.25) is 4.79 Å². The Morgan fingerprint density at radius 3 is 2.86 bits per heavy atom. The van der Waals surface area contributed by atoms with E-state index in [4.69, 9.17) is 11.6 Å². The Hall–Kier alpha value is -1.06. The van der Waals surface area contributed by atoms with Crippen LogP contribution < -0.4 is 5.32 Å². The number of rotatable bonds is 3. The third-order valence-electron chi connectivity index (χ3n) is 5.78. The first-order valence-electron chi connectivity index (χ1n) is 7.90. The van der Waals surface area contributed by atoms with Gasteiger partial charge < -0.3 is 10.4 Å². The molecule has 2 bridgehead atoms. The maximum absolute atomic E-state index is 11.6. The molecule has 4 heteroatoms. The first-order valence-corrected chi connectivity index (χ1v) is 8.28. The molecule has 1 aromatic carbocycles. The van der Waals surface area contributed by atoms with E-state index in [1.165, 1.54) is 17.5 Å². The summed E-state index contributed by atoms with van der Waals surface area (Å²) in [6, 6.07) is 6.53. The number of carbonyl (C=O) groups is 1. The molecule has 112 valence electrons. The molecule has 0 radical (unpaired) electrons. The average molecular weight is 306 g/mol. The molecule has 3 aliphatic rings. The van der Waals surface area contributed by atoms with E-state index >= 15 is 0 Å². The van der Waals surface area contributed by atoms with Crippen LogP contribution in [-0.2, 0) is 11.2 Å². The van der Waals surface area contributed by atoms with E-state index in [0.29, 0.717) is 17.9 Å². The minimum atomic E-state index is -0.617. The summed E-state index contributed by atoms with van der Waals surface area (Å²) >= 11 is 6.06. The van der Waals surface area contributed by atoms with Gasteiger partial charge in [-0.05, 0) is 67.2 Å². The van der Waals surface area contributed by atoms with Crippen molar-refractivity contribution in [1.29, 1.82) is 0 Å². The van der Waals surface area contributed by atoms with Gasteiger partial charge in [0, 0.05) is 17.1 Å². The molecule has 0 heterocycles. The number of carboxylic acids is 1. The molecule has 0 spiro atoms. The van der Waals surface area contributed by atoms with E-state index in [0.717, 1.165) is 30.7 Å². The number of nitrogens with one attached hydrogen (secondary N) is 1. The van der Waals surface area contributed by atoms with E-state index in [1.54, 1.807) is 0 Å². The summed E-state index contributed by atoms with van der Waals surface area (Å²) < 4.78 is 0. The summed E-state index contributed by atoms with van der Waals surface area (Å²) in [5.41, 5.74) is 2.63. The molecule has 0 aromatic heterocycles.